The van der Waals surface area contributed by atoms with Crippen LogP contribution in [-0.2, 0) is 16.1 Å². The van der Waals surface area contributed by atoms with E-state index in [1.54, 1.807) is 20.2 Å². The molecule has 2 amide bonds. The van der Waals surface area contributed by atoms with Gasteiger partial charge < -0.3 is 20.7 Å². The number of nitrogens with one attached hydrogen (secondary N) is 1. The lowest BCUT2D eigenvalue weighted by Crippen LogP contribution is -2.35. The number of likely N-dealkylation sites (N-methyl/N-ethyl adjacent to an activating group) is 1. The molecular formula is C21H28ClN3O3. The molecule has 2 aromatic rings. The van der Waals surface area contributed by atoms with Crippen LogP contribution < -0.4 is 15.8 Å². The molecule has 2 rings (SSSR count). The fourth-order valence-electron chi connectivity index (χ4n) is 2.50. The highest BCUT2D eigenvalue weighted by atomic mass is 35.5. The van der Waals surface area contributed by atoms with Crippen LogP contribution >= 0.6 is 12.4 Å². The van der Waals surface area contributed by atoms with Gasteiger partial charge in [0.05, 0.1) is 5.92 Å². The van der Waals surface area contributed by atoms with Gasteiger partial charge in [-0.1, -0.05) is 49.4 Å². The molecule has 2 atom stereocenters. The Hall–Kier alpha value is -2.57. The Balaban J connectivity index is 0.00000392. The van der Waals surface area contributed by atoms with Crippen molar-refractivity contribution in [2.75, 3.05) is 20.7 Å². The van der Waals surface area contributed by atoms with Gasteiger partial charge in [0.15, 0.2) is 6.61 Å². The number of hydrogen-bond acceptors (Lipinski definition) is 4. The molecule has 152 valence electrons. The Bertz CT molecular complexity index is 769. The summed E-state index contributed by atoms with van der Waals surface area (Å²) in [6.45, 7) is 2.16. The number of carbonyl (C=O) groups is 2. The molecule has 0 aliphatic carbocycles. The van der Waals surface area contributed by atoms with Crippen molar-refractivity contribution in [2.24, 2.45) is 11.7 Å². The Morgan fingerprint density at radius 2 is 1.79 bits per heavy atom. The van der Waals surface area contributed by atoms with Crippen molar-refractivity contribution < 1.29 is 14.3 Å². The number of rotatable bonds is 8. The maximum Gasteiger partial charge on any atom is 0.259 e. The molecule has 0 heterocycles. The molecule has 0 bridgehead atoms. The minimum absolute atomic E-state index is 0. The number of benzene rings is 2. The maximum atomic E-state index is 12.4. The Morgan fingerprint density at radius 3 is 2.43 bits per heavy atom. The molecule has 0 fully saturated rings. The summed E-state index contributed by atoms with van der Waals surface area (Å²) in [5.41, 5.74) is 8.03. The zero-order valence-electron chi connectivity index (χ0n) is 16.4. The Kier molecular flexibility index (Phi) is 9.48. The van der Waals surface area contributed by atoms with Crippen LogP contribution in [0.3, 0.4) is 0 Å². The summed E-state index contributed by atoms with van der Waals surface area (Å²) in [4.78, 5) is 25.5. The maximum absolute atomic E-state index is 12.4. The van der Waals surface area contributed by atoms with Crippen LogP contribution in [0.25, 0.3) is 0 Å². The SMILES string of the molecule is CC(C(=O)NCc1cccc(OCC(=O)N(C)C)c1)C(N)c1ccccc1.Cl. The first-order valence-electron chi connectivity index (χ1n) is 8.88. The van der Waals surface area contributed by atoms with Crippen LogP contribution in [0.4, 0.5) is 0 Å². The van der Waals surface area contributed by atoms with Crippen LogP contribution in [0.15, 0.2) is 54.6 Å². The predicted octanol–water partition coefficient (Wildman–Crippen LogP) is 2.53. The van der Waals surface area contributed by atoms with Crippen molar-refractivity contribution in [1.29, 1.82) is 0 Å². The second-order valence-electron chi connectivity index (χ2n) is 6.67. The zero-order chi connectivity index (χ0) is 19.8. The third-order valence-corrected chi connectivity index (χ3v) is 4.36. The van der Waals surface area contributed by atoms with Gasteiger partial charge in [-0.3, -0.25) is 9.59 Å². The first-order chi connectivity index (χ1) is 12.9. The van der Waals surface area contributed by atoms with E-state index in [1.165, 1.54) is 4.90 Å². The number of nitrogens with two attached hydrogens (primary N) is 1. The van der Waals surface area contributed by atoms with Crippen molar-refractivity contribution in [1.82, 2.24) is 10.2 Å². The number of ether oxygens (including phenoxy) is 1. The zero-order valence-corrected chi connectivity index (χ0v) is 17.2. The number of amides is 2. The van der Waals surface area contributed by atoms with Gasteiger partial charge in [-0.25, -0.2) is 0 Å². The third kappa shape index (κ3) is 6.87. The molecule has 2 unspecified atom stereocenters. The lowest BCUT2D eigenvalue weighted by Gasteiger charge is -2.20. The molecule has 0 aliphatic heterocycles. The van der Waals surface area contributed by atoms with E-state index in [0.717, 1.165) is 11.1 Å². The average molecular weight is 406 g/mol. The van der Waals surface area contributed by atoms with E-state index in [4.69, 9.17) is 10.5 Å². The van der Waals surface area contributed by atoms with Gasteiger partial charge >= 0.3 is 0 Å². The first kappa shape index (κ1) is 23.5. The molecule has 6 nitrogen and oxygen atoms in total. The standard InChI is InChI=1S/C21H27N3O3.ClH/c1-15(20(22)17-9-5-4-6-10-17)21(26)23-13-16-8-7-11-18(12-16)27-14-19(25)24(2)3;/h4-12,15,20H,13-14,22H2,1-3H3,(H,23,26);1H. The van der Waals surface area contributed by atoms with Crippen molar-refractivity contribution in [3.05, 3.63) is 65.7 Å². The molecule has 0 aliphatic rings. The molecule has 0 radical (unpaired) electrons. The fraction of sp³-hybridized carbons (Fsp3) is 0.333. The summed E-state index contributed by atoms with van der Waals surface area (Å²) in [6, 6.07) is 16.5. The van der Waals surface area contributed by atoms with Crippen molar-refractivity contribution in [3.63, 3.8) is 0 Å². The minimum Gasteiger partial charge on any atom is -0.484 e. The van der Waals surface area contributed by atoms with E-state index < -0.39 is 0 Å². The predicted molar refractivity (Wildman–Crippen MR) is 112 cm³/mol. The van der Waals surface area contributed by atoms with Gasteiger partial charge in [0.25, 0.3) is 5.91 Å². The highest BCUT2D eigenvalue weighted by Crippen LogP contribution is 2.19. The van der Waals surface area contributed by atoms with Crippen LogP contribution in [0.5, 0.6) is 5.75 Å². The van der Waals surface area contributed by atoms with Crippen molar-refractivity contribution >= 4 is 24.2 Å². The number of hydrogen-bond donors (Lipinski definition) is 2. The molecule has 0 saturated carbocycles. The third-order valence-electron chi connectivity index (χ3n) is 4.36. The smallest absolute Gasteiger partial charge is 0.259 e. The quantitative estimate of drug-likeness (QED) is 0.706. The highest BCUT2D eigenvalue weighted by molar-refractivity contribution is 5.85. The normalized spacial score (nSPS) is 12.3. The summed E-state index contributed by atoms with van der Waals surface area (Å²) in [7, 11) is 3.36. The molecular weight excluding hydrogens is 378 g/mol. The van der Waals surface area contributed by atoms with Gasteiger partial charge in [-0.05, 0) is 23.3 Å². The molecule has 0 aromatic heterocycles. The molecule has 0 saturated heterocycles. The molecule has 2 aromatic carbocycles. The highest BCUT2D eigenvalue weighted by Gasteiger charge is 2.21. The van der Waals surface area contributed by atoms with E-state index >= 15 is 0 Å². The lowest BCUT2D eigenvalue weighted by molar-refractivity contribution is -0.130. The van der Waals surface area contributed by atoms with Gasteiger partial charge in [-0.2, -0.15) is 0 Å². The first-order valence-corrected chi connectivity index (χ1v) is 8.88. The van der Waals surface area contributed by atoms with Gasteiger partial charge in [-0.15, -0.1) is 12.4 Å². The summed E-state index contributed by atoms with van der Waals surface area (Å²) >= 11 is 0. The summed E-state index contributed by atoms with van der Waals surface area (Å²) in [5.74, 6) is 0.00780. The van der Waals surface area contributed by atoms with Gasteiger partial charge in [0, 0.05) is 26.7 Å². The van der Waals surface area contributed by atoms with E-state index in [9.17, 15) is 9.59 Å². The number of carbonyl (C=O) groups excluding carboxylic acids is 2. The van der Waals surface area contributed by atoms with Crippen LogP contribution in [0.2, 0.25) is 0 Å². The molecule has 28 heavy (non-hydrogen) atoms. The summed E-state index contributed by atoms with van der Waals surface area (Å²) in [5, 5.41) is 2.91. The minimum atomic E-state index is -0.363. The number of nitrogens with zero attached hydrogens (tertiary/aromatic N) is 1. The van der Waals surface area contributed by atoms with E-state index in [0.29, 0.717) is 12.3 Å². The van der Waals surface area contributed by atoms with E-state index in [2.05, 4.69) is 5.32 Å². The second kappa shape index (κ2) is 11.3. The topological polar surface area (TPSA) is 84.7 Å². The monoisotopic (exact) mass is 405 g/mol. The number of halogens is 1. The fourth-order valence-corrected chi connectivity index (χ4v) is 2.50. The van der Waals surface area contributed by atoms with E-state index in [-0.39, 0.29) is 42.8 Å². The van der Waals surface area contributed by atoms with E-state index in [1.807, 2.05) is 55.5 Å². The largest absolute Gasteiger partial charge is 0.484 e. The Labute approximate surface area is 172 Å². The van der Waals surface area contributed by atoms with Crippen LogP contribution in [0.1, 0.15) is 24.1 Å². The van der Waals surface area contributed by atoms with Crippen molar-refractivity contribution in [3.8, 4) is 5.75 Å². The van der Waals surface area contributed by atoms with Crippen LogP contribution in [0, 0.1) is 5.92 Å². The van der Waals surface area contributed by atoms with Gasteiger partial charge in [0.1, 0.15) is 5.75 Å². The Morgan fingerprint density at radius 1 is 1.11 bits per heavy atom. The molecule has 3 N–H and O–H groups in total. The summed E-state index contributed by atoms with van der Waals surface area (Å²) in [6.07, 6.45) is 0. The molecule has 7 heteroatoms. The molecule has 0 spiro atoms. The summed E-state index contributed by atoms with van der Waals surface area (Å²) < 4.78 is 5.50. The van der Waals surface area contributed by atoms with Gasteiger partial charge in [0.2, 0.25) is 5.91 Å². The van der Waals surface area contributed by atoms with Crippen molar-refractivity contribution in [2.45, 2.75) is 19.5 Å². The van der Waals surface area contributed by atoms with Crippen LogP contribution in [-0.4, -0.2) is 37.4 Å². The second-order valence-corrected chi connectivity index (χ2v) is 6.67. The lowest BCUT2D eigenvalue weighted by atomic mass is 9.94. The average Bonchev–Trinajstić information content (AvgIpc) is 2.69.